The van der Waals surface area contributed by atoms with Crippen LogP contribution in [0.25, 0.3) is 0 Å². The summed E-state index contributed by atoms with van der Waals surface area (Å²) in [7, 11) is 0. The van der Waals surface area contributed by atoms with Gasteiger partial charge < -0.3 is 5.32 Å². The number of anilines is 1. The highest BCUT2D eigenvalue weighted by atomic mass is 14.9. The van der Waals surface area contributed by atoms with E-state index in [1.165, 1.54) is 17.7 Å². The highest BCUT2D eigenvalue weighted by Gasteiger charge is 2.09. The van der Waals surface area contributed by atoms with E-state index in [-0.39, 0.29) is 0 Å². The zero-order valence-electron chi connectivity index (χ0n) is 9.67. The second kappa shape index (κ2) is 5.04. The van der Waals surface area contributed by atoms with Crippen LogP contribution in [0, 0.1) is 12.8 Å². The molecule has 1 aromatic carbocycles. The van der Waals surface area contributed by atoms with Crippen molar-refractivity contribution < 1.29 is 0 Å². The summed E-state index contributed by atoms with van der Waals surface area (Å²) in [5.74, 6) is 0.718. The summed E-state index contributed by atoms with van der Waals surface area (Å²) >= 11 is 0. The van der Waals surface area contributed by atoms with Crippen molar-refractivity contribution in [3.63, 3.8) is 0 Å². The summed E-state index contributed by atoms with van der Waals surface area (Å²) in [6.45, 7) is 8.89. The third kappa shape index (κ3) is 3.06. The summed E-state index contributed by atoms with van der Waals surface area (Å²) < 4.78 is 0. The molecule has 78 valence electrons. The molecule has 0 unspecified atom stereocenters. The molecule has 0 saturated heterocycles. The fourth-order valence-electron chi connectivity index (χ4n) is 1.49. The van der Waals surface area contributed by atoms with Crippen LogP contribution >= 0.6 is 0 Å². The number of hydrogen-bond acceptors (Lipinski definition) is 1. The van der Waals surface area contributed by atoms with Gasteiger partial charge in [-0.3, -0.25) is 0 Å². The van der Waals surface area contributed by atoms with E-state index in [0.29, 0.717) is 6.04 Å². The van der Waals surface area contributed by atoms with Crippen molar-refractivity contribution in [2.75, 3.05) is 5.32 Å². The second-order valence-corrected chi connectivity index (χ2v) is 4.19. The molecular weight excluding hydrogens is 170 g/mol. The summed E-state index contributed by atoms with van der Waals surface area (Å²) in [5, 5.41) is 3.53. The maximum atomic E-state index is 3.53. The summed E-state index contributed by atoms with van der Waals surface area (Å²) in [6.07, 6.45) is 1.22. The van der Waals surface area contributed by atoms with Crippen molar-refractivity contribution in [1.29, 1.82) is 0 Å². The van der Waals surface area contributed by atoms with Gasteiger partial charge in [0.05, 0.1) is 0 Å². The lowest BCUT2D eigenvalue weighted by Gasteiger charge is -2.21. The molecular formula is C13H21N. The molecule has 0 spiro atoms. The van der Waals surface area contributed by atoms with Crippen molar-refractivity contribution in [3.05, 3.63) is 29.8 Å². The van der Waals surface area contributed by atoms with Gasteiger partial charge in [-0.15, -0.1) is 0 Å². The molecule has 0 heterocycles. The molecule has 0 aromatic heterocycles. The molecule has 1 nitrogen and oxygen atoms in total. The molecule has 0 aliphatic carbocycles. The van der Waals surface area contributed by atoms with E-state index in [1.54, 1.807) is 0 Å². The third-order valence-corrected chi connectivity index (χ3v) is 2.91. The largest absolute Gasteiger partial charge is 0.382 e. The maximum absolute atomic E-state index is 3.53. The Kier molecular flexibility index (Phi) is 3.99. The lowest BCUT2D eigenvalue weighted by atomic mass is 10.0. The smallest absolute Gasteiger partial charge is 0.0344 e. The fourth-order valence-corrected chi connectivity index (χ4v) is 1.49. The number of rotatable bonds is 4. The van der Waals surface area contributed by atoms with Crippen LogP contribution in [0.3, 0.4) is 0 Å². The lowest BCUT2D eigenvalue weighted by molar-refractivity contribution is 0.494. The minimum Gasteiger partial charge on any atom is -0.382 e. The van der Waals surface area contributed by atoms with Gasteiger partial charge in [0.2, 0.25) is 0 Å². The van der Waals surface area contributed by atoms with Crippen molar-refractivity contribution in [3.8, 4) is 0 Å². The Bertz CT molecular complexity index is 280. The molecule has 1 rings (SSSR count). The summed E-state index contributed by atoms with van der Waals surface area (Å²) in [5.41, 5.74) is 2.55. The molecule has 0 aliphatic rings. The first kappa shape index (κ1) is 11.1. The highest BCUT2D eigenvalue weighted by molar-refractivity contribution is 5.46. The first-order valence-electron chi connectivity index (χ1n) is 5.46. The highest BCUT2D eigenvalue weighted by Crippen LogP contribution is 2.15. The predicted molar refractivity (Wildman–Crippen MR) is 63.7 cm³/mol. The van der Waals surface area contributed by atoms with Crippen LogP contribution in [-0.2, 0) is 0 Å². The molecule has 14 heavy (non-hydrogen) atoms. The number of hydrogen-bond donors (Lipinski definition) is 1. The predicted octanol–water partition coefficient (Wildman–Crippen LogP) is 3.84. The third-order valence-electron chi connectivity index (χ3n) is 2.91. The Morgan fingerprint density at radius 1 is 1.29 bits per heavy atom. The number of nitrogens with one attached hydrogen (secondary N) is 1. The molecule has 0 amide bonds. The molecule has 2 atom stereocenters. The van der Waals surface area contributed by atoms with Gasteiger partial charge in [-0.25, -0.2) is 0 Å². The molecule has 0 fully saturated rings. The standard InChI is InChI=1S/C13H21N/c1-5-11(3)12(4)14-13-8-6-7-10(2)9-13/h6-9,11-12,14H,5H2,1-4H3/t11-,12+/m1/s1. The van der Waals surface area contributed by atoms with Crippen molar-refractivity contribution in [2.24, 2.45) is 5.92 Å². The Morgan fingerprint density at radius 2 is 2.00 bits per heavy atom. The van der Waals surface area contributed by atoms with Gasteiger partial charge in [0, 0.05) is 11.7 Å². The molecule has 1 aromatic rings. The Balaban J connectivity index is 2.60. The normalized spacial score (nSPS) is 14.9. The first-order valence-corrected chi connectivity index (χ1v) is 5.46. The van der Waals surface area contributed by atoms with Gasteiger partial charge in [-0.1, -0.05) is 32.4 Å². The van der Waals surface area contributed by atoms with Crippen LogP contribution in [0.15, 0.2) is 24.3 Å². The minimum absolute atomic E-state index is 0.543. The maximum Gasteiger partial charge on any atom is 0.0344 e. The van der Waals surface area contributed by atoms with Gasteiger partial charge in [-0.2, -0.15) is 0 Å². The van der Waals surface area contributed by atoms with Crippen LogP contribution < -0.4 is 5.32 Å². The van der Waals surface area contributed by atoms with E-state index in [4.69, 9.17) is 0 Å². The minimum atomic E-state index is 0.543. The van der Waals surface area contributed by atoms with Gasteiger partial charge in [0.25, 0.3) is 0 Å². The molecule has 0 aliphatic heterocycles. The Hall–Kier alpha value is -0.980. The van der Waals surface area contributed by atoms with Gasteiger partial charge >= 0.3 is 0 Å². The van der Waals surface area contributed by atoms with Crippen molar-refractivity contribution >= 4 is 5.69 Å². The lowest BCUT2D eigenvalue weighted by Crippen LogP contribution is -2.23. The van der Waals surface area contributed by atoms with Crippen LogP contribution in [0.5, 0.6) is 0 Å². The average Bonchev–Trinajstić information content (AvgIpc) is 2.16. The first-order chi connectivity index (χ1) is 6.63. The number of benzene rings is 1. The zero-order chi connectivity index (χ0) is 10.6. The van der Waals surface area contributed by atoms with E-state index in [2.05, 4.69) is 57.3 Å². The van der Waals surface area contributed by atoms with E-state index in [1.807, 2.05) is 0 Å². The summed E-state index contributed by atoms with van der Waals surface area (Å²) in [6, 6.07) is 9.09. The zero-order valence-corrected chi connectivity index (χ0v) is 9.67. The topological polar surface area (TPSA) is 12.0 Å². The van der Waals surface area contributed by atoms with Crippen molar-refractivity contribution in [1.82, 2.24) is 0 Å². The fraction of sp³-hybridized carbons (Fsp3) is 0.538. The Morgan fingerprint density at radius 3 is 2.57 bits per heavy atom. The second-order valence-electron chi connectivity index (χ2n) is 4.19. The van der Waals surface area contributed by atoms with Crippen molar-refractivity contribution in [2.45, 2.75) is 40.2 Å². The van der Waals surface area contributed by atoms with Crippen LogP contribution in [0.4, 0.5) is 5.69 Å². The van der Waals surface area contributed by atoms with E-state index >= 15 is 0 Å². The average molecular weight is 191 g/mol. The molecule has 1 N–H and O–H groups in total. The molecule has 0 saturated carbocycles. The van der Waals surface area contributed by atoms with Crippen LogP contribution in [0.2, 0.25) is 0 Å². The van der Waals surface area contributed by atoms with E-state index < -0.39 is 0 Å². The quantitative estimate of drug-likeness (QED) is 0.762. The van der Waals surface area contributed by atoms with Crippen LogP contribution in [0.1, 0.15) is 32.8 Å². The van der Waals surface area contributed by atoms with Crippen LogP contribution in [-0.4, -0.2) is 6.04 Å². The van der Waals surface area contributed by atoms with Gasteiger partial charge in [0.15, 0.2) is 0 Å². The Labute approximate surface area is 87.5 Å². The van der Waals surface area contributed by atoms with E-state index in [0.717, 1.165) is 5.92 Å². The molecule has 0 bridgehead atoms. The van der Waals surface area contributed by atoms with E-state index in [9.17, 15) is 0 Å². The molecule has 0 radical (unpaired) electrons. The van der Waals surface area contributed by atoms with Gasteiger partial charge in [0.1, 0.15) is 0 Å². The SMILES string of the molecule is CC[C@@H](C)[C@H](C)Nc1cccc(C)c1. The summed E-state index contributed by atoms with van der Waals surface area (Å²) in [4.78, 5) is 0. The van der Waals surface area contributed by atoms with Gasteiger partial charge in [-0.05, 0) is 37.5 Å². The monoisotopic (exact) mass is 191 g/mol. The molecule has 1 heteroatoms. The number of aryl methyl sites for hydroxylation is 1.